The molecule has 0 radical (unpaired) electrons. The lowest BCUT2D eigenvalue weighted by molar-refractivity contribution is -0.0504. The number of nitrogens with zero attached hydrogens (tertiary/aromatic N) is 2. The van der Waals surface area contributed by atoms with Gasteiger partial charge in [-0.15, -0.1) is 24.0 Å². The summed E-state index contributed by atoms with van der Waals surface area (Å²) in [7, 11) is 1.62. The molecule has 26 heavy (non-hydrogen) atoms. The standard InChI is InChI=1S/C17H19ClF2N4O.HI/c1-11-4-3-5-14(24-11)10-23-17(21-2)22-9-12-8-13(18)6-7-15(12)25-16(19)20;/h3-8,16H,9-10H2,1-2H3,(H2,21,22,23);1H. The van der Waals surface area contributed by atoms with Crippen LogP contribution in [0.1, 0.15) is 17.0 Å². The number of benzene rings is 1. The van der Waals surface area contributed by atoms with E-state index in [1.165, 1.54) is 12.1 Å². The van der Waals surface area contributed by atoms with E-state index in [2.05, 4.69) is 25.3 Å². The summed E-state index contributed by atoms with van der Waals surface area (Å²) in [6.45, 7) is -0.272. The van der Waals surface area contributed by atoms with E-state index in [0.29, 0.717) is 23.1 Å². The highest BCUT2D eigenvalue weighted by Crippen LogP contribution is 2.24. The second-order valence-electron chi connectivity index (χ2n) is 5.18. The molecule has 5 nitrogen and oxygen atoms in total. The highest BCUT2D eigenvalue weighted by atomic mass is 127. The molecule has 2 aromatic rings. The van der Waals surface area contributed by atoms with Gasteiger partial charge in [0.25, 0.3) is 0 Å². The van der Waals surface area contributed by atoms with Gasteiger partial charge >= 0.3 is 6.61 Å². The van der Waals surface area contributed by atoms with Gasteiger partial charge in [-0.3, -0.25) is 9.98 Å². The predicted octanol–water partition coefficient (Wildman–Crippen LogP) is 4.13. The van der Waals surface area contributed by atoms with Gasteiger partial charge in [0.15, 0.2) is 5.96 Å². The Balaban J connectivity index is 0.00000338. The number of aliphatic imine (C=N–C) groups is 1. The highest BCUT2D eigenvalue weighted by molar-refractivity contribution is 14.0. The molecule has 0 unspecified atom stereocenters. The number of aryl methyl sites for hydroxylation is 1. The molecule has 0 aliphatic rings. The first kappa shape index (κ1) is 22.4. The van der Waals surface area contributed by atoms with Gasteiger partial charge < -0.3 is 15.4 Å². The number of nitrogens with one attached hydrogen (secondary N) is 2. The zero-order chi connectivity index (χ0) is 18.2. The van der Waals surface area contributed by atoms with E-state index in [-0.39, 0.29) is 36.3 Å². The second kappa shape index (κ2) is 11.1. The average Bonchev–Trinajstić information content (AvgIpc) is 2.57. The van der Waals surface area contributed by atoms with Gasteiger partial charge in [-0.05, 0) is 37.3 Å². The van der Waals surface area contributed by atoms with Crippen LogP contribution in [-0.4, -0.2) is 24.6 Å². The smallest absolute Gasteiger partial charge is 0.387 e. The first-order valence-electron chi connectivity index (χ1n) is 7.58. The van der Waals surface area contributed by atoms with Crippen molar-refractivity contribution in [2.75, 3.05) is 7.05 Å². The van der Waals surface area contributed by atoms with Gasteiger partial charge in [-0.2, -0.15) is 8.78 Å². The Morgan fingerprint density at radius 2 is 1.96 bits per heavy atom. The molecule has 0 bridgehead atoms. The first-order valence-corrected chi connectivity index (χ1v) is 7.96. The summed E-state index contributed by atoms with van der Waals surface area (Å²) in [5.74, 6) is 0.578. The fourth-order valence-electron chi connectivity index (χ4n) is 2.17. The van der Waals surface area contributed by atoms with Crippen LogP contribution in [-0.2, 0) is 13.1 Å². The monoisotopic (exact) mass is 496 g/mol. The lowest BCUT2D eigenvalue weighted by Gasteiger charge is -2.15. The molecule has 0 fully saturated rings. The van der Waals surface area contributed by atoms with Crippen molar-refractivity contribution in [3.8, 4) is 5.75 Å². The quantitative estimate of drug-likeness (QED) is 0.359. The SMILES string of the molecule is CN=C(NCc1cccc(C)n1)NCc1cc(Cl)ccc1OC(F)F.I. The van der Waals surface area contributed by atoms with Crippen LogP contribution in [0, 0.1) is 6.92 Å². The molecule has 0 aliphatic heterocycles. The highest BCUT2D eigenvalue weighted by Gasteiger charge is 2.11. The number of hydrogen-bond acceptors (Lipinski definition) is 3. The molecule has 0 saturated carbocycles. The molecule has 2 rings (SSSR count). The fraction of sp³-hybridized carbons (Fsp3) is 0.294. The number of pyridine rings is 1. The van der Waals surface area contributed by atoms with E-state index in [0.717, 1.165) is 11.4 Å². The zero-order valence-electron chi connectivity index (χ0n) is 14.3. The van der Waals surface area contributed by atoms with Crippen molar-refractivity contribution in [1.29, 1.82) is 0 Å². The van der Waals surface area contributed by atoms with Crippen molar-refractivity contribution in [3.63, 3.8) is 0 Å². The van der Waals surface area contributed by atoms with Crippen molar-refractivity contribution >= 4 is 41.5 Å². The van der Waals surface area contributed by atoms with Crippen LogP contribution in [0.3, 0.4) is 0 Å². The van der Waals surface area contributed by atoms with Gasteiger partial charge in [-0.1, -0.05) is 17.7 Å². The number of halogens is 4. The third kappa shape index (κ3) is 7.28. The molecule has 2 N–H and O–H groups in total. The lowest BCUT2D eigenvalue weighted by Crippen LogP contribution is -2.36. The van der Waals surface area contributed by atoms with E-state index >= 15 is 0 Å². The van der Waals surface area contributed by atoms with Crippen LogP contribution in [0.25, 0.3) is 0 Å². The molecule has 9 heteroatoms. The van der Waals surface area contributed by atoms with Gasteiger partial charge in [0.1, 0.15) is 5.75 Å². The van der Waals surface area contributed by atoms with Crippen LogP contribution in [0.4, 0.5) is 8.78 Å². The molecule has 0 spiro atoms. The Hall–Kier alpha value is -1.68. The van der Waals surface area contributed by atoms with E-state index in [1.807, 2.05) is 25.1 Å². The normalized spacial score (nSPS) is 11.1. The summed E-state index contributed by atoms with van der Waals surface area (Å²) >= 11 is 5.93. The Morgan fingerprint density at radius 3 is 2.62 bits per heavy atom. The third-order valence-corrected chi connectivity index (χ3v) is 3.53. The average molecular weight is 497 g/mol. The molecular weight excluding hydrogens is 477 g/mol. The molecule has 142 valence electrons. The summed E-state index contributed by atoms with van der Waals surface area (Å²) in [5, 5.41) is 6.59. The summed E-state index contributed by atoms with van der Waals surface area (Å²) in [6.07, 6.45) is 0. The first-order chi connectivity index (χ1) is 12.0. The predicted molar refractivity (Wildman–Crippen MR) is 110 cm³/mol. The number of guanidine groups is 1. The fourth-order valence-corrected chi connectivity index (χ4v) is 2.36. The van der Waals surface area contributed by atoms with Crippen molar-refractivity contribution in [3.05, 3.63) is 58.4 Å². The molecule has 1 heterocycles. The summed E-state index contributed by atoms with van der Waals surface area (Å²) in [6, 6.07) is 10.2. The Kier molecular flexibility index (Phi) is 9.57. The molecular formula is C17H20ClF2IN4O. The molecule has 1 aromatic heterocycles. The minimum Gasteiger partial charge on any atom is -0.434 e. The Bertz CT molecular complexity index is 746. The number of hydrogen-bond donors (Lipinski definition) is 2. The topological polar surface area (TPSA) is 58.5 Å². The van der Waals surface area contributed by atoms with Crippen LogP contribution in [0.15, 0.2) is 41.4 Å². The van der Waals surface area contributed by atoms with Crippen LogP contribution < -0.4 is 15.4 Å². The van der Waals surface area contributed by atoms with Crippen molar-refractivity contribution in [1.82, 2.24) is 15.6 Å². The summed E-state index contributed by atoms with van der Waals surface area (Å²) in [4.78, 5) is 8.49. The van der Waals surface area contributed by atoms with Crippen molar-refractivity contribution < 1.29 is 13.5 Å². The Labute approximate surface area is 173 Å². The van der Waals surface area contributed by atoms with Gasteiger partial charge in [0, 0.05) is 29.9 Å². The van der Waals surface area contributed by atoms with E-state index < -0.39 is 6.61 Å². The van der Waals surface area contributed by atoms with Crippen molar-refractivity contribution in [2.24, 2.45) is 4.99 Å². The third-order valence-electron chi connectivity index (χ3n) is 3.29. The maximum Gasteiger partial charge on any atom is 0.387 e. The Morgan fingerprint density at radius 1 is 1.23 bits per heavy atom. The number of rotatable bonds is 6. The molecule has 1 aromatic carbocycles. The van der Waals surface area contributed by atoms with Gasteiger partial charge in [0.05, 0.1) is 12.2 Å². The van der Waals surface area contributed by atoms with Gasteiger partial charge in [0.2, 0.25) is 0 Å². The number of ether oxygens (including phenoxy) is 1. The number of alkyl halides is 2. The molecule has 0 aliphatic carbocycles. The molecule has 0 amide bonds. The summed E-state index contributed by atoms with van der Waals surface area (Å²) < 4.78 is 29.5. The van der Waals surface area contributed by atoms with Crippen LogP contribution in [0.2, 0.25) is 5.02 Å². The van der Waals surface area contributed by atoms with E-state index in [9.17, 15) is 8.78 Å². The van der Waals surface area contributed by atoms with E-state index in [4.69, 9.17) is 11.6 Å². The van der Waals surface area contributed by atoms with Crippen LogP contribution >= 0.6 is 35.6 Å². The van der Waals surface area contributed by atoms with E-state index in [1.54, 1.807) is 13.1 Å². The number of aromatic nitrogens is 1. The minimum absolute atomic E-state index is 0. The van der Waals surface area contributed by atoms with Crippen LogP contribution in [0.5, 0.6) is 5.75 Å². The van der Waals surface area contributed by atoms with Crippen molar-refractivity contribution in [2.45, 2.75) is 26.6 Å². The largest absolute Gasteiger partial charge is 0.434 e. The zero-order valence-corrected chi connectivity index (χ0v) is 17.4. The molecule has 0 saturated heterocycles. The summed E-state index contributed by atoms with van der Waals surface area (Å²) in [5.41, 5.74) is 2.30. The second-order valence-corrected chi connectivity index (χ2v) is 5.62. The minimum atomic E-state index is -2.90. The lowest BCUT2D eigenvalue weighted by atomic mass is 10.2. The maximum atomic E-state index is 12.5. The van der Waals surface area contributed by atoms with Gasteiger partial charge in [-0.25, -0.2) is 0 Å². The molecule has 0 atom stereocenters. The maximum absolute atomic E-state index is 12.5.